The van der Waals surface area contributed by atoms with Gasteiger partial charge in [-0.1, -0.05) is 0 Å². The molecule has 5 nitrogen and oxygen atoms in total. The highest BCUT2D eigenvalue weighted by Crippen LogP contribution is 2.16. The van der Waals surface area contributed by atoms with Gasteiger partial charge < -0.3 is 20.1 Å². The van der Waals surface area contributed by atoms with E-state index < -0.39 is 0 Å². The lowest BCUT2D eigenvalue weighted by Crippen LogP contribution is -2.48. The van der Waals surface area contributed by atoms with Crippen LogP contribution in [-0.2, 0) is 14.3 Å². The van der Waals surface area contributed by atoms with Crippen molar-refractivity contribution in [3.8, 4) is 0 Å². The van der Waals surface area contributed by atoms with Crippen molar-refractivity contribution in [2.75, 3.05) is 33.5 Å². The van der Waals surface area contributed by atoms with Crippen LogP contribution >= 0.6 is 0 Å². The van der Waals surface area contributed by atoms with Crippen molar-refractivity contribution in [1.29, 1.82) is 0 Å². The van der Waals surface area contributed by atoms with Crippen LogP contribution in [-0.4, -0.2) is 51.5 Å². The van der Waals surface area contributed by atoms with Gasteiger partial charge in [-0.15, -0.1) is 0 Å². The van der Waals surface area contributed by atoms with Crippen LogP contribution in [0, 0.1) is 5.92 Å². The van der Waals surface area contributed by atoms with Gasteiger partial charge in [0, 0.05) is 32.9 Å². The molecule has 0 spiro atoms. The molecule has 3 unspecified atom stereocenters. The summed E-state index contributed by atoms with van der Waals surface area (Å²) in [5.74, 6) is 0.575. The molecular formula is C13H26N2O3. The lowest BCUT2D eigenvalue weighted by atomic mass is 10.00. The minimum absolute atomic E-state index is 0.0527. The van der Waals surface area contributed by atoms with Crippen LogP contribution in [0.2, 0.25) is 0 Å². The number of rotatable bonds is 8. The first kappa shape index (κ1) is 15.4. The second kappa shape index (κ2) is 8.45. The largest absolute Gasteiger partial charge is 0.385 e. The third kappa shape index (κ3) is 5.33. The summed E-state index contributed by atoms with van der Waals surface area (Å²) in [5.41, 5.74) is 0. The lowest BCUT2D eigenvalue weighted by Gasteiger charge is -2.23. The highest BCUT2D eigenvalue weighted by Gasteiger charge is 2.24. The highest BCUT2D eigenvalue weighted by atomic mass is 16.5. The van der Waals surface area contributed by atoms with Gasteiger partial charge in [0.1, 0.15) is 0 Å². The van der Waals surface area contributed by atoms with Crippen LogP contribution in [0.4, 0.5) is 0 Å². The summed E-state index contributed by atoms with van der Waals surface area (Å²) in [4.78, 5) is 11.8. The molecule has 0 aromatic carbocycles. The Labute approximate surface area is 110 Å². The normalized spacial score (nSPS) is 22.7. The lowest BCUT2D eigenvalue weighted by molar-refractivity contribution is -0.123. The molecule has 1 fully saturated rings. The van der Waals surface area contributed by atoms with Crippen LogP contribution in [0.3, 0.4) is 0 Å². The maximum atomic E-state index is 11.8. The second-order valence-electron chi connectivity index (χ2n) is 4.94. The Kier molecular flexibility index (Phi) is 7.23. The molecule has 1 aliphatic heterocycles. The Balaban J connectivity index is 2.17. The molecular weight excluding hydrogens is 232 g/mol. The maximum Gasteiger partial charge on any atom is 0.236 e. The number of carbonyl (C=O) groups is 1. The first-order valence-corrected chi connectivity index (χ1v) is 6.75. The Morgan fingerprint density at radius 3 is 2.89 bits per heavy atom. The van der Waals surface area contributed by atoms with E-state index >= 15 is 0 Å². The molecule has 106 valence electrons. The summed E-state index contributed by atoms with van der Waals surface area (Å²) in [5, 5.41) is 6.24. The summed E-state index contributed by atoms with van der Waals surface area (Å²) in [6, 6.07) is 0.148. The number of amides is 1. The van der Waals surface area contributed by atoms with E-state index in [1.165, 1.54) is 0 Å². The van der Waals surface area contributed by atoms with E-state index in [-0.39, 0.29) is 11.9 Å². The fourth-order valence-corrected chi connectivity index (χ4v) is 2.13. The van der Waals surface area contributed by atoms with Gasteiger partial charge in [0.25, 0.3) is 0 Å². The Morgan fingerprint density at radius 2 is 2.28 bits per heavy atom. The quantitative estimate of drug-likeness (QED) is 0.624. The molecule has 0 saturated carbocycles. The van der Waals surface area contributed by atoms with E-state index in [2.05, 4.69) is 17.6 Å². The number of carbonyl (C=O) groups excluding carboxylic acids is 1. The number of nitrogens with one attached hydrogen (secondary N) is 2. The Morgan fingerprint density at radius 1 is 1.50 bits per heavy atom. The fourth-order valence-electron chi connectivity index (χ4n) is 2.13. The van der Waals surface area contributed by atoms with Crippen molar-refractivity contribution >= 4 is 5.91 Å². The molecule has 1 rings (SSSR count). The van der Waals surface area contributed by atoms with Gasteiger partial charge >= 0.3 is 0 Å². The minimum Gasteiger partial charge on any atom is -0.385 e. The summed E-state index contributed by atoms with van der Waals surface area (Å²) in [6.45, 7) is 7.01. The smallest absolute Gasteiger partial charge is 0.236 e. The SMILES string of the molecule is COCCCNC(=O)C(C)NC(C)C1CCOC1. The summed E-state index contributed by atoms with van der Waals surface area (Å²) >= 11 is 0. The average Bonchev–Trinajstić information content (AvgIpc) is 2.88. The van der Waals surface area contributed by atoms with E-state index in [4.69, 9.17) is 9.47 Å². The summed E-state index contributed by atoms with van der Waals surface area (Å²) in [7, 11) is 1.66. The molecule has 1 amide bonds. The first-order chi connectivity index (χ1) is 8.65. The molecule has 18 heavy (non-hydrogen) atoms. The van der Waals surface area contributed by atoms with Crippen LogP contribution in [0.1, 0.15) is 26.7 Å². The van der Waals surface area contributed by atoms with Crippen molar-refractivity contribution in [2.24, 2.45) is 5.92 Å². The summed E-state index contributed by atoms with van der Waals surface area (Å²) in [6.07, 6.45) is 1.93. The van der Waals surface area contributed by atoms with Gasteiger partial charge in [0.15, 0.2) is 0 Å². The zero-order chi connectivity index (χ0) is 13.4. The van der Waals surface area contributed by atoms with E-state index in [0.29, 0.717) is 25.1 Å². The molecule has 2 N–H and O–H groups in total. The van der Waals surface area contributed by atoms with Gasteiger partial charge in [-0.05, 0) is 32.6 Å². The van der Waals surface area contributed by atoms with Crippen LogP contribution < -0.4 is 10.6 Å². The van der Waals surface area contributed by atoms with E-state index in [1.54, 1.807) is 7.11 Å². The predicted molar refractivity (Wildman–Crippen MR) is 70.5 cm³/mol. The van der Waals surface area contributed by atoms with Crippen LogP contribution in [0.15, 0.2) is 0 Å². The molecule has 0 aromatic heterocycles. The van der Waals surface area contributed by atoms with Gasteiger partial charge in [-0.3, -0.25) is 4.79 Å². The molecule has 1 aliphatic rings. The maximum absolute atomic E-state index is 11.8. The number of ether oxygens (including phenoxy) is 2. The summed E-state index contributed by atoms with van der Waals surface area (Å²) < 4.78 is 10.3. The number of hydrogen-bond acceptors (Lipinski definition) is 4. The monoisotopic (exact) mass is 258 g/mol. The van der Waals surface area contributed by atoms with Gasteiger partial charge in [-0.25, -0.2) is 0 Å². The van der Waals surface area contributed by atoms with Crippen molar-refractivity contribution < 1.29 is 14.3 Å². The van der Waals surface area contributed by atoms with Crippen molar-refractivity contribution in [2.45, 2.75) is 38.8 Å². The molecule has 0 radical (unpaired) electrons. The van der Waals surface area contributed by atoms with E-state index in [1.807, 2.05) is 6.92 Å². The molecule has 0 aromatic rings. The van der Waals surface area contributed by atoms with Crippen molar-refractivity contribution in [3.05, 3.63) is 0 Å². The zero-order valence-electron chi connectivity index (χ0n) is 11.7. The van der Waals surface area contributed by atoms with Crippen LogP contribution in [0.5, 0.6) is 0 Å². The zero-order valence-corrected chi connectivity index (χ0v) is 11.7. The highest BCUT2D eigenvalue weighted by molar-refractivity contribution is 5.81. The van der Waals surface area contributed by atoms with Crippen molar-refractivity contribution in [1.82, 2.24) is 10.6 Å². The van der Waals surface area contributed by atoms with Gasteiger partial charge in [0.05, 0.1) is 12.6 Å². The van der Waals surface area contributed by atoms with Crippen molar-refractivity contribution in [3.63, 3.8) is 0 Å². The number of hydrogen-bond donors (Lipinski definition) is 2. The molecule has 0 aliphatic carbocycles. The van der Waals surface area contributed by atoms with Gasteiger partial charge in [0.2, 0.25) is 5.91 Å². The third-order valence-electron chi connectivity index (χ3n) is 3.40. The molecule has 3 atom stereocenters. The second-order valence-corrected chi connectivity index (χ2v) is 4.94. The molecule has 5 heteroatoms. The third-order valence-corrected chi connectivity index (χ3v) is 3.40. The Bertz CT molecular complexity index is 242. The first-order valence-electron chi connectivity index (χ1n) is 6.75. The average molecular weight is 258 g/mol. The number of methoxy groups -OCH3 is 1. The Hall–Kier alpha value is -0.650. The molecule has 1 saturated heterocycles. The molecule has 1 heterocycles. The minimum atomic E-state index is -0.164. The van der Waals surface area contributed by atoms with Crippen LogP contribution in [0.25, 0.3) is 0 Å². The molecule has 0 bridgehead atoms. The fraction of sp³-hybridized carbons (Fsp3) is 0.923. The standard InChI is InChI=1S/C13H26N2O3/c1-10(12-5-8-18-9-12)15-11(2)13(16)14-6-4-7-17-3/h10-12,15H,4-9H2,1-3H3,(H,14,16). The van der Waals surface area contributed by atoms with E-state index in [0.717, 1.165) is 26.1 Å². The predicted octanol–water partition coefficient (Wildman–Crippen LogP) is 0.542. The van der Waals surface area contributed by atoms with E-state index in [9.17, 15) is 4.79 Å². The van der Waals surface area contributed by atoms with Gasteiger partial charge in [-0.2, -0.15) is 0 Å². The topological polar surface area (TPSA) is 59.6 Å².